The number of amides is 3. The Morgan fingerprint density at radius 2 is 1.91 bits per heavy atom. The molecule has 4 N–H and O–H groups in total. The smallest absolute Gasteiger partial charge is 0.293 e. The summed E-state index contributed by atoms with van der Waals surface area (Å²) < 4.78 is 8.79. The average Bonchev–Trinajstić information content (AvgIpc) is 3.51. The number of halogens is 1. The van der Waals surface area contributed by atoms with Gasteiger partial charge in [0.15, 0.2) is 18.2 Å². The molecular formula is C37H41ClN10O5. The summed E-state index contributed by atoms with van der Waals surface area (Å²) in [6, 6.07) is 13.1. The number of ether oxygens (including phenoxy) is 1. The number of nitrogens with zero attached hydrogens (tertiary/aromatic N) is 6. The van der Waals surface area contributed by atoms with Crippen molar-refractivity contribution in [2.24, 2.45) is 20.0 Å². The van der Waals surface area contributed by atoms with Crippen LogP contribution in [0.5, 0.6) is 5.75 Å². The first kappa shape index (κ1) is 35.7. The molecule has 0 spiro atoms. The lowest BCUT2D eigenvalue weighted by molar-refractivity contribution is -0.137. The molecule has 1 unspecified atom stereocenters. The van der Waals surface area contributed by atoms with Crippen LogP contribution in [0.4, 0.5) is 23.1 Å². The Labute approximate surface area is 310 Å². The number of likely N-dealkylation sites (N-methyl/N-ethyl adjacent to an activating group) is 1. The van der Waals surface area contributed by atoms with E-state index in [1.165, 1.54) is 11.6 Å². The zero-order valence-electron chi connectivity index (χ0n) is 30.0. The van der Waals surface area contributed by atoms with Gasteiger partial charge in [-0.25, -0.2) is 4.98 Å². The minimum atomic E-state index is -0.885. The third-order valence-corrected chi connectivity index (χ3v) is 10.6. The molecule has 5 heterocycles. The van der Waals surface area contributed by atoms with Crippen LogP contribution in [-0.2, 0) is 33.9 Å². The van der Waals surface area contributed by atoms with Gasteiger partial charge in [-0.1, -0.05) is 23.7 Å². The van der Waals surface area contributed by atoms with Crippen LogP contribution in [0.15, 0.2) is 53.5 Å². The fourth-order valence-corrected chi connectivity index (χ4v) is 7.23. The first-order valence-corrected chi connectivity index (χ1v) is 17.9. The third kappa shape index (κ3) is 6.95. The molecule has 16 heteroatoms. The fourth-order valence-electron chi connectivity index (χ4n) is 7.09. The lowest BCUT2D eigenvalue weighted by Gasteiger charge is -2.32. The molecule has 276 valence electrons. The number of rotatable bonds is 10. The van der Waals surface area contributed by atoms with E-state index in [1.807, 2.05) is 55.1 Å². The SMILES string of the molecule is CNC(=O)COc1cc2cc(Nc3nc(N4CCC(CNc5cccc6c(C7(C)CCC(=O)NC7=O)nn(C)c56)CC4)ncc3Cl)ccc2n(C)c1=O. The lowest BCUT2D eigenvalue weighted by Crippen LogP contribution is -2.50. The summed E-state index contributed by atoms with van der Waals surface area (Å²) in [6.07, 6.45) is 4.14. The molecule has 0 bridgehead atoms. The number of para-hydroxylation sites is 1. The quantitative estimate of drug-likeness (QED) is 0.153. The number of hydrogen-bond donors (Lipinski definition) is 4. The van der Waals surface area contributed by atoms with Gasteiger partial charge in [-0.2, -0.15) is 10.1 Å². The summed E-state index contributed by atoms with van der Waals surface area (Å²) in [5.41, 5.74) is 2.72. The highest BCUT2D eigenvalue weighted by atomic mass is 35.5. The number of pyridine rings is 1. The number of aromatic nitrogens is 5. The summed E-state index contributed by atoms with van der Waals surface area (Å²) in [5.74, 6) is 0.612. The first-order chi connectivity index (χ1) is 25.4. The van der Waals surface area contributed by atoms with Gasteiger partial charge in [-0.3, -0.25) is 29.2 Å². The maximum Gasteiger partial charge on any atom is 0.293 e. The van der Waals surface area contributed by atoms with Gasteiger partial charge in [-0.15, -0.1) is 0 Å². The van der Waals surface area contributed by atoms with Crippen molar-refractivity contribution < 1.29 is 19.1 Å². The molecule has 2 fully saturated rings. The van der Waals surface area contributed by atoms with Gasteiger partial charge in [0, 0.05) is 63.7 Å². The molecule has 3 amide bonds. The van der Waals surface area contributed by atoms with Crippen molar-refractivity contribution in [1.29, 1.82) is 0 Å². The average molecular weight is 741 g/mol. The highest BCUT2D eigenvalue weighted by molar-refractivity contribution is 6.33. The zero-order valence-corrected chi connectivity index (χ0v) is 30.7. The summed E-state index contributed by atoms with van der Waals surface area (Å²) >= 11 is 6.54. The maximum atomic E-state index is 12.9. The Bertz CT molecular complexity index is 2320. The van der Waals surface area contributed by atoms with E-state index in [1.54, 1.807) is 19.3 Å². The molecule has 7 rings (SSSR count). The number of benzene rings is 2. The van der Waals surface area contributed by atoms with Gasteiger partial charge in [0.2, 0.25) is 17.8 Å². The first-order valence-electron chi connectivity index (χ1n) is 17.5. The molecule has 2 aliphatic rings. The Morgan fingerprint density at radius 3 is 2.66 bits per heavy atom. The Kier molecular flexibility index (Phi) is 9.68. The molecule has 0 saturated carbocycles. The second-order valence-electron chi connectivity index (χ2n) is 13.8. The number of imide groups is 1. The van der Waals surface area contributed by atoms with Crippen LogP contribution in [-0.4, -0.2) is 75.3 Å². The number of carbonyl (C=O) groups is 3. The standard InChI is InChI=1S/C37H41ClN10O5/c1-37(13-10-29(49)43-35(37)52)32-24-6-5-7-26(31(24)47(4)45-32)40-18-21-11-14-48(15-12-21)36-41-19-25(38)33(44-36)42-23-8-9-27-22(16-23)17-28(34(51)46(27)3)53-20-30(50)39-2/h5-9,16-17,19,21,40H,10-15,18,20H2,1-4H3,(H,39,50)(H,41,42,44)(H,43,49,52). The number of anilines is 4. The number of piperidine rings is 2. The van der Waals surface area contributed by atoms with Crippen LogP contribution in [0.25, 0.3) is 21.8 Å². The molecule has 53 heavy (non-hydrogen) atoms. The molecule has 3 aromatic heterocycles. The molecule has 2 aliphatic heterocycles. The lowest BCUT2D eigenvalue weighted by atomic mass is 9.77. The Balaban J connectivity index is 1.01. The van der Waals surface area contributed by atoms with E-state index in [0.29, 0.717) is 46.0 Å². The van der Waals surface area contributed by atoms with Crippen LogP contribution >= 0.6 is 11.6 Å². The summed E-state index contributed by atoms with van der Waals surface area (Å²) in [5, 5.41) is 18.7. The van der Waals surface area contributed by atoms with E-state index in [9.17, 15) is 19.2 Å². The van der Waals surface area contributed by atoms with E-state index >= 15 is 0 Å². The van der Waals surface area contributed by atoms with Gasteiger partial charge >= 0.3 is 0 Å². The topological polar surface area (TPSA) is 177 Å². The van der Waals surface area contributed by atoms with Gasteiger partial charge in [-0.05, 0) is 62.4 Å². The van der Waals surface area contributed by atoms with Gasteiger partial charge in [0.05, 0.1) is 34.0 Å². The Hall–Kier alpha value is -5.70. The predicted molar refractivity (Wildman–Crippen MR) is 203 cm³/mol. The molecule has 0 radical (unpaired) electrons. The van der Waals surface area contributed by atoms with Gasteiger partial charge in [0.1, 0.15) is 5.02 Å². The Morgan fingerprint density at radius 1 is 1.11 bits per heavy atom. The normalized spacial score (nSPS) is 17.9. The van der Waals surface area contributed by atoms with E-state index in [0.717, 1.165) is 54.5 Å². The van der Waals surface area contributed by atoms with E-state index in [4.69, 9.17) is 26.4 Å². The minimum absolute atomic E-state index is 0.0732. The van der Waals surface area contributed by atoms with Crippen molar-refractivity contribution in [3.63, 3.8) is 0 Å². The van der Waals surface area contributed by atoms with Gasteiger partial charge in [0.25, 0.3) is 11.5 Å². The molecular weight excluding hydrogens is 700 g/mol. The minimum Gasteiger partial charge on any atom is -0.478 e. The second-order valence-corrected chi connectivity index (χ2v) is 14.2. The molecule has 2 saturated heterocycles. The van der Waals surface area contributed by atoms with E-state index in [2.05, 4.69) is 31.2 Å². The number of aryl methyl sites for hydroxylation is 2. The maximum absolute atomic E-state index is 12.9. The van der Waals surface area contributed by atoms with Crippen molar-refractivity contribution in [2.75, 3.05) is 48.8 Å². The highest BCUT2D eigenvalue weighted by Gasteiger charge is 2.43. The molecule has 5 aromatic rings. The zero-order chi connectivity index (χ0) is 37.4. The highest BCUT2D eigenvalue weighted by Crippen LogP contribution is 2.38. The fraction of sp³-hybridized carbons (Fsp3) is 0.378. The third-order valence-electron chi connectivity index (χ3n) is 10.3. The van der Waals surface area contributed by atoms with Crippen LogP contribution in [0, 0.1) is 5.92 Å². The second kappa shape index (κ2) is 14.4. The van der Waals surface area contributed by atoms with Crippen molar-refractivity contribution in [1.82, 2.24) is 34.9 Å². The molecule has 0 aliphatic carbocycles. The van der Waals surface area contributed by atoms with E-state index < -0.39 is 5.41 Å². The number of nitrogens with one attached hydrogen (secondary N) is 4. The van der Waals surface area contributed by atoms with Crippen LogP contribution in [0.1, 0.15) is 38.3 Å². The van der Waals surface area contributed by atoms with Crippen LogP contribution in [0.2, 0.25) is 5.02 Å². The predicted octanol–water partition coefficient (Wildman–Crippen LogP) is 3.76. The van der Waals surface area contributed by atoms with Crippen LogP contribution in [0.3, 0.4) is 0 Å². The molecule has 15 nitrogen and oxygen atoms in total. The van der Waals surface area contributed by atoms with Crippen molar-refractivity contribution in [2.45, 2.75) is 38.0 Å². The van der Waals surface area contributed by atoms with Gasteiger partial charge < -0.3 is 30.2 Å². The monoisotopic (exact) mass is 740 g/mol. The van der Waals surface area contributed by atoms with Crippen molar-refractivity contribution in [3.05, 3.63) is 69.7 Å². The summed E-state index contributed by atoms with van der Waals surface area (Å²) in [4.78, 5) is 60.7. The summed E-state index contributed by atoms with van der Waals surface area (Å²) in [6.45, 7) is 3.89. The number of hydrogen-bond acceptors (Lipinski definition) is 11. The number of carbonyl (C=O) groups excluding carboxylic acids is 3. The molecule has 2 aromatic carbocycles. The van der Waals surface area contributed by atoms with Crippen LogP contribution < -0.4 is 36.5 Å². The van der Waals surface area contributed by atoms with E-state index in [-0.39, 0.29) is 42.1 Å². The largest absolute Gasteiger partial charge is 0.478 e. The summed E-state index contributed by atoms with van der Waals surface area (Å²) in [7, 11) is 5.04. The number of fused-ring (bicyclic) bond motifs is 2. The van der Waals surface area contributed by atoms with Crippen molar-refractivity contribution >= 4 is 74.3 Å². The molecule has 1 atom stereocenters. The van der Waals surface area contributed by atoms with Crippen molar-refractivity contribution in [3.8, 4) is 5.75 Å².